The second-order valence-electron chi connectivity index (χ2n) is 7.58. The second kappa shape index (κ2) is 7.92. The van der Waals surface area contributed by atoms with Crippen molar-refractivity contribution in [3.63, 3.8) is 0 Å². The van der Waals surface area contributed by atoms with E-state index in [0.29, 0.717) is 18.7 Å². The molecule has 1 aliphatic heterocycles. The van der Waals surface area contributed by atoms with Crippen LogP contribution in [-0.2, 0) is 17.8 Å². The second-order valence-corrected chi connectivity index (χ2v) is 7.58. The van der Waals surface area contributed by atoms with Gasteiger partial charge in [-0.05, 0) is 53.6 Å². The molecule has 2 N–H and O–H groups in total. The van der Waals surface area contributed by atoms with Gasteiger partial charge in [0.2, 0.25) is 5.91 Å². The number of rotatable bonds is 6. The third kappa shape index (κ3) is 4.44. The molecule has 2 aromatic rings. The van der Waals surface area contributed by atoms with E-state index in [9.17, 15) is 9.59 Å². The van der Waals surface area contributed by atoms with Crippen molar-refractivity contribution < 1.29 is 14.3 Å². The highest BCUT2D eigenvalue weighted by Crippen LogP contribution is 2.44. The van der Waals surface area contributed by atoms with E-state index in [1.54, 1.807) is 7.11 Å². The fraction of sp³-hybridized carbons (Fsp3) is 0.364. The van der Waals surface area contributed by atoms with Gasteiger partial charge in [0.05, 0.1) is 13.5 Å². The monoisotopic (exact) mass is 379 g/mol. The van der Waals surface area contributed by atoms with Crippen LogP contribution in [0.2, 0.25) is 0 Å². The molecule has 146 valence electrons. The first-order valence-electron chi connectivity index (χ1n) is 9.65. The number of likely N-dealkylation sites (tertiary alicyclic amines) is 1. The Hall–Kier alpha value is -3.02. The van der Waals surface area contributed by atoms with Crippen molar-refractivity contribution in [1.29, 1.82) is 0 Å². The van der Waals surface area contributed by atoms with Crippen molar-refractivity contribution in [2.75, 3.05) is 25.5 Å². The highest BCUT2D eigenvalue weighted by Gasteiger charge is 2.46. The molecule has 6 heteroatoms. The zero-order chi connectivity index (χ0) is 19.5. The maximum absolute atomic E-state index is 12.3. The number of hydrogen-bond acceptors (Lipinski definition) is 3. The molecular weight excluding hydrogens is 354 g/mol. The summed E-state index contributed by atoms with van der Waals surface area (Å²) in [5.74, 6) is 2.50. The zero-order valence-electron chi connectivity index (χ0n) is 16.0. The molecule has 1 saturated carbocycles. The molecule has 2 unspecified atom stereocenters. The maximum Gasteiger partial charge on any atom is 0.319 e. The summed E-state index contributed by atoms with van der Waals surface area (Å²) in [6.07, 6.45) is 1.72. The van der Waals surface area contributed by atoms with Crippen molar-refractivity contribution in [3.05, 3.63) is 59.7 Å². The average Bonchev–Trinajstić information content (AvgIpc) is 3.33. The molecule has 0 radical (unpaired) electrons. The van der Waals surface area contributed by atoms with E-state index in [2.05, 4.69) is 10.6 Å². The molecule has 0 aromatic heterocycles. The summed E-state index contributed by atoms with van der Waals surface area (Å²) in [6, 6.07) is 14.7. The third-order valence-electron chi connectivity index (χ3n) is 5.51. The van der Waals surface area contributed by atoms with Gasteiger partial charge in [-0.3, -0.25) is 4.79 Å². The Morgan fingerprint density at radius 2 is 1.64 bits per heavy atom. The number of carbonyl (C=O) groups is 2. The van der Waals surface area contributed by atoms with Crippen molar-refractivity contribution >= 4 is 17.6 Å². The van der Waals surface area contributed by atoms with Crippen LogP contribution in [0.25, 0.3) is 0 Å². The van der Waals surface area contributed by atoms with Crippen molar-refractivity contribution in [1.82, 2.24) is 10.2 Å². The van der Waals surface area contributed by atoms with Crippen LogP contribution in [0.3, 0.4) is 0 Å². The Morgan fingerprint density at radius 3 is 2.29 bits per heavy atom. The van der Waals surface area contributed by atoms with E-state index < -0.39 is 0 Å². The zero-order valence-corrected chi connectivity index (χ0v) is 16.0. The summed E-state index contributed by atoms with van der Waals surface area (Å²) in [7, 11) is 1.62. The summed E-state index contributed by atoms with van der Waals surface area (Å²) in [6.45, 7) is 2.29. The van der Waals surface area contributed by atoms with Crippen LogP contribution in [0, 0.1) is 11.8 Å². The quantitative estimate of drug-likeness (QED) is 0.810. The smallest absolute Gasteiger partial charge is 0.319 e. The van der Waals surface area contributed by atoms with E-state index in [0.717, 1.165) is 41.8 Å². The van der Waals surface area contributed by atoms with Gasteiger partial charge in [-0.1, -0.05) is 24.3 Å². The first kappa shape index (κ1) is 18.3. The predicted octanol–water partition coefficient (Wildman–Crippen LogP) is 3.04. The van der Waals surface area contributed by atoms with E-state index in [4.69, 9.17) is 4.74 Å². The van der Waals surface area contributed by atoms with Crippen molar-refractivity contribution in [3.8, 4) is 5.75 Å². The lowest BCUT2D eigenvalue weighted by atomic mass is 10.1. The Labute approximate surface area is 164 Å². The van der Waals surface area contributed by atoms with Gasteiger partial charge in [-0.25, -0.2) is 4.79 Å². The molecule has 2 fully saturated rings. The number of amides is 3. The van der Waals surface area contributed by atoms with Crippen molar-refractivity contribution in [2.45, 2.75) is 19.4 Å². The van der Waals surface area contributed by atoms with E-state index in [-0.39, 0.29) is 11.9 Å². The number of fused-ring (bicyclic) bond motifs is 1. The molecule has 4 rings (SSSR count). The van der Waals surface area contributed by atoms with Gasteiger partial charge in [0.1, 0.15) is 5.75 Å². The molecule has 28 heavy (non-hydrogen) atoms. The number of carbonyl (C=O) groups excluding carboxylic acids is 2. The highest BCUT2D eigenvalue weighted by atomic mass is 16.5. The van der Waals surface area contributed by atoms with Crippen LogP contribution in [0.1, 0.15) is 17.5 Å². The first-order chi connectivity index (χ1) is 13.6. The molecule has 0 bridgehead atoms. The van der Waals surface area contributed by atoms with E-state index >= 15 is 0 Å². The Morgan fingerprint density at radius 1 is 1.00 bits per heavy atom. The topological polar surface area (TPSA) is 70.7 Å². The van der Waals surface area contributed by atoms with Crippen LogP contribution >= 0.6 is 0 Å². The van der Waals surface area contributed by atoms with E-state index in [1.165, 1.54) is 6.42 Å². The molecule has 0 spiro atoms. The maximum atomic E-state index is 12.3. The van der Waals surface area contributed by atoms with Gasteiger partial charge in [-0.2, -0.15) is 0 Å². The molecular formula is C22H25N3O3. The molecule has 2 aliphatic rings. The van der Waals surface area contributed by atoms with Gasteiger partial charge in [0.15, 0.2) is 0 Å². The van der Waals surface area contributed by atoms with Crippen LogP contribution in [0.15, 0.2) is 48.5 Å². The van der Waals surface area contributed by atoms with Crippen LogP contribution < -0.4 is 15.4 Å². The fourth-order valence-corrected chi connectivity index (χ4v) is 3.70. The summed E-state index contributed by atoms with van der Waals surface area (Å²) >= 11 is 0. The minimum atomic E-state index is -0.268. The van der Waals surface area contributed by atoms with Crippen molar-refractivity contribution in [2.24, 2.45) is 11.8 Å². The minimum Gasteiger partial charge on any atom is -0.497 e. The lowest BCUT2D eigenvalue weighted by Gasteiger charge is -2.18. The summed E-state index contributed by atoms with van der Waals surface area (Å²) in [4.78, 5) is 26.4. The summed E-state index contributed by atoms with van der Waals surface area (Å²) in [5, 5.41) is 5.64. The molecule has 2 aromatic carbocycles. The van der Waals surface area contributed by atoms with Gasteiger partial charge in [0, 0.05) is 25.3 Å². The lowest BCUT2D eigenvalue weighted by molar-refractivity contribution is -0.129. The SMILES string of the molecule is COc1ccc(CNC(=O)Nc2ccc(CC(=O)N3CC4CC4C3)cc2)cc1. The Kier molecular flexibility index (Phi) is 5.19. The molecule has 6 nitrogen and oxygen atoms in total. The molecule has 1 saturated heterocycles. The largest absolute Gasteiger partial charge is 0.497 e. The molecule has 3 amide bonds. The number of ether oxygens (including phenoxy) is 1. The minimum absolute atomic E-state index is 0.199. The third-order valence-corrected chi connectivity index (χ3v) is 5.51. The number of hydrogen-bond donors (Lipinski definition) is 2. The molecule has 1 heterocycles. The number of anilines is 1. The van der Waals surface area contributed by atoms with Crippen LogP contribution in [0.5, 0.6) is 5.75 Å². The number of nitrogens with zero attached hydrogens (tertiary/aromatic N) is 1. The average molecular weight is 379 g/mol. The fourth-order valence-electron chi connectivity index (χ4n) is 3.70. The first-order valence-corrected chi connectivity index (χ1v) is 9.65. The van der Waals surface area contributed by atoms with Gasteiger partial charge in [-0.15, -0.1) is 0 Å². The highest BCUT2D eigenvalue weighted by molar-refractivity contribution is 5.89. The number of methoxy groups -OCH3 is 1. The predicted molar refractivity (Wildman–Crippen MR) is 107 cm³/mol. The summed E-state index contributed by atoms with van der Waals surface area (Å²) in [5.41, 5.74) is 2.66. The number of benzene rings is 2. The molecule has 2 atom stereocenters. The summed E-state index contributed by atoms with van der Waals surface area (Å²) < 4.78 is 5.12. The normalized spacial score (nSPS) is 19.7. The Balaban J connectivity index is 1.23. The Bertz CT molecular complexity index is 838. The van der Waals surface area contributed by atoms with Crippen LogP contribution in [0.4, 0.5) is 10.5 Å². The van der Waals surface area contributed by atoms with Crippen LogP contribution in [-0.4, -0.2) is 37.0 Å². The van der Waals surface area contributed by atoms with E-state index in [1.807, 2.05) is 53.4 Å². The van der Waals surface area contributed by atoms with Gasteiger partial charge in [0.25, 0.3) is 0 Å². The molecule has 1 aliphatic carbocycles. The number of nitrogens with one attached hydrogen (secondary N) is 2. The van der Waals surface area contributed by atoms with Gasteiger partial charge >= 0.3 is 6.03 Å². The standard InChI is InChI=1S/C22H25N3O3/c1-28-20-8-4-16(5-9-20)12-23-22(27)24-19-6-2-15(3-7-19)10-21(26)25-13-17-11-18(17)14-25/h2-9,17-18H,10-14H2,1H3,(H2,23,24,27). The number of urea groups is 1. The van der Waals surface area contributed by atoms with Gasteiger partial charge < -0.3 is 20.3 Å². The lowest BCUT2D eigenvalue weighted by Crippen LogP contribution is -2.31. The number of piperidine rings is 1.